The summed E-state index contributed by atoms with van der Waals surface area (Å²) < 4.78 is 5.78. The van der Waals surface area contributed by atoms with Gasteiger partial charge in [-0.15, -0.1) is 15.0 Å². The maximum atomic E-state index is 12.9. The van der Waals surface area contributed by atoms with E-state index in [0.29, 0.717) is 27.0 Å². The second kappa shape index (κ2) is 8.82. The second-order valence-electron chi connectivity index (χ2n) is 8.39. The molecule has 36 heavy (non-hydrogen) atoms. The number of aryl methyl sites for hydroxylation is 1. The standard InChI is InChI=1S/C28H18Cl2N4O2/c1-16-13-23-24(33-34(32-23)25-8-4-6-17-5-2-3-7-19(17)25)15-22(16)31-28(35)27-12-11-26(36-27)18-9-10-20(29)21(30)14-18/h2-15H,1H3,(H,31,35). The van der Waals surface area contributed by atoms with Gasteiger partial charge in [0.1, 0.15) is 16.8 Å². The lowest BCUT2D eigenvalue weighted by molar-refractivity contribution is 0.0997. The Balaban J connectivity index is 1.29. The summed E-state index contributed by atoms with van der Waals surface area (Å²) in [5.41, 5.74) is 4.50. The first-order chi connectivity index (χ1) is 17.5. The molecule has 0 aliphatic heterocycles. The van der Waals surface area contributed by atoms with Crippen molar-refractivity contribution in [1.82, 2.24) is 15.0 Å². The van der Waals surface area contributed by atoms with Gasteiger partial charge >= 0.3 is 0 Å². The number of carbonyl (C=O) groups is 1. The van der Waals surface area contributed by atoms with Gasteiger partial charge in [0, 0.05) is 16.6 Å². The molecule has 0 radical (unpaired) electrons. The van der Waals surface area contributed by atoms with E-state index in [1.165, 1.54) is 0 Å². The number of anilines is 1. The SMILES string of the molecule is Cc1cc2nn(-c3cccc4ccccc34)nc2cc1NC(=O)c1ccc(-c2ccc(Cl)c(Cl)c2)o1. The van der Waals surface area contributed by atoms with E-state index in [1.807, 2.05) is 49.4 Å². The number of hydrogen-bond donors (Lipinski definition) is 1. The van der Waals surface area contributed by atoms with Gasteiger partial charge in [-0.1, -0.05) is 59.6 Å². The van der Waals surface area contributed by atoms with E-state index in [-0.39, 0.29) is 11.7 Å². The zero-order valence-electron chi connectivity index (χ0n) is 19.0. The van der Waals surface area contributed by atoms with Crippen molar-refractivity contribution in [3.05, 3.63) is 106 Å². The highest BCUT2D eigenvalue weighted by molar-refractivity contribution is 6.42. The molecule has 0 fully saturated rings. The van der Waals surface area contributed by atoms with Crippen LogP contribution >= 0.6 is 23.2 Å². The topological polar surface area (TPSA) is 73.0 Å². The lowest BCUT2D eigenvalue weighted by Gasteiger charge is -2.06. The average molecular weight is 513 g/mol. The Bertz CT molecular complexity index is 1780. The summed E-state index contributed by atoms with van der Waals surface area (Å²) in [5.74, 6) is 0.323. The second-order valence-corrected chi connectivity index (χ2v) is 9.20. The number of halogens is 2. The van der Waals surface area contributed by atoms with E-state index in [4.69, 9.17) is 27.6 Å². The molecule has 1 amide bonds. The van der Waals surface area contributed by atoms with Crippen molar-refractivity contribution in [2.45, 2.75) is 6.92 Å². The molecule has 6 aromatic rings. The Kier molecular flexibility index (Phi) is 5.48. The van der Waals surface area contributed by atoms with Crippen LogP contribution in [0.1, 0.15) is 16.1 Å². The monoisotopic (exact) mass is 512 g/mol. The molecule has 0 aliphatic carbocycles. The molecule has 0 saturated carbocycles. The number of rotatable bonds is 4. The van der Waals surface area contributed by atoms with Crippen LogP contribution in [-0.2, 0) is 0 Å². The first-order valence-corrected chi connectivity index (χ1v) is 11.9. The van der Waals surface area contributed by atoms with Gasteiger partial charge in [0.05, 0.1) is 15.7 Å². The summed E-state index contributed by atoms with van der Waals surface area (Å²) in [5, 5.41) is 15.3. The number of nitrogens with zero attached hydrogens (tertiary/aromatic N) is 3. The number of benzene rings is 4. The van der Waals surface area contributed by atoms with E-state index in [1.54, 1.807) is 35.1 Å². The summed E-state index contributed by atoms with van der Waals surface area (Å²) in [6.07, 6.45) is 0. The number of aromatic nitrogens is 3. The molecule has 176 valence electrons. The van der Waals surface area contributed by atoms with Crippen molar-refractivity contribution < 1.29 is 9.21 Å². The van der Waals surface area contributed by atoms with Crippen molar-refractivity contribution in [3.8, 4) is 17.0 Å². The van der Waals surface area contributed by atoms with Gasteiger partial charge in [0.15, 0.2) is 5.76 Å². The van der Waals surface area contributed by atoms with Crippen LogP contribution in [-0.4, -0.2) is 20.9 Å². The molecule has 0 spiro atoms. The highest BCUT2D eigenvalue weighted by atomic mass is 35.5. The van der Waals surface area contributed by atoms with Crippen LogP contribution in [0.15, 0.2) is 89.3 Å². The van der Waals surface area contributed by atoms with Crippen molar-refractivity contribution >= 4 is 56.6 Å². The first-order valence-electron chi connectivity index (χ1n) is 11.2. The van der Waals surface area contributed by atoms with E-state index < -0.39 is 0 Å². The Labute approximate surface area is 216 Å². The summed E-state index contributed by atoms with van der Waals surface area (Å²) in [6.45, 7) is 1.91. The minimum atomic E-state index is -0.370. The van der Waals surface area contributed by atoms with Crippen LogP contribution in [0.4, 0.5) is 5.69 Å². The van der Waals surface area contributed by atoms with Crippen molar-refractivity contribution in [3.63, 3.8) is 0 Å². The van der Waals surface area contributed by atoms with Crippen molar-refractivity contribution in [2.75, 3.05) is 5.32 Å². The molecule has 8 heteroatoms. The van der Waals surface area contributed by atoms with Crippen LogP contribution in [0.5, 0.6) is 0 Å². The van der Waals surface area contributed by atoms with Gasteiger partial charge in [-0.05, 0) is 66.4 Å². The third-order valence-corrected chi connectivity index (χ3v) is 6.73. The molecule has 0 aliphatic rings. The van der Waals surface area contributed by atoms with E-state index in [2.05, 4.69) is 27.6 Å². The van der Waals surface area contributed by atoms with Crippen LogP contribution in [0.3, 0.4) is 0 Å². The molecule has 0 unspecified atom stereocenters. The smallest absolute Gasteiger partial charge is 0.291 e. The number of fused-ring (bicyclic) bond motifs is 2. The molecule has 6 nitrogen and oxygen atoms in total. The van der Waals surface area contributed by atoms with Gasteiger partial charge in [-0.3, -0.25) is 4.79 Å². The fourth-order valence-electron chi connectivity index (χ4n) is 4.14. The van der Waals surface area contributed by atoms with Gasteiger partial charge in [-0.25, -0.2) is 0 Å². The highest BCUT2D eigenvalue weighted by Crippen LogP contribution is 2.30. The third kappa shape index (κ3) is 4.00. The van der Waals surface area contributed by atoms with E-state index in [0.717, 1.165) is 33.1 Å². The lowest BCUT2D eigenvalue weighted by Crippen LogP contribution is -2.11. The normalized spacial score (nSPS) is 11.3. The largest absolute Gasteiger partial charge is 0.451 e. The number of carbonyl (C=O) groups excluding carboxylic acids is 1. The number of furan rings is 1. The average Bonchev–Trinajstić information content (AvgIpc) is 3.53. The van der Waals surface area contributed by atoms with E-state index >= 15 is 0 Å². The molecule has 0 atom stereocenters. The van der Waals surface area contributed by atoms with Crippen molar-refractivity contribution in [2.24, 2.45) is 0 Å². The Morgan fingerprint density at radius 2 is 1.64 bits per heavy atom. The molecule has 6 rings (SSSR count). The maximum Gasteiger partial charge on any atom is 0.291 e. The Morgan fingerprint density at radius 1 is 0.861 bits per heavy atom. The number of hydrogen-bond acceptors (Lipinski definition) is 4. The molecule has 2 aromatic heterocycles. The first kappa shape index (κ1) is 22.3. The summed E-state index contributed by atoms with van der Waals surface area (Å²) in [7, 11) is 0. The Morgan fingerprint density at radius 3 is 2.47 bits per heavy atom. The van der Waals surface area contributed by atoms with Crippen LogP contribution in [0.25, 0.3) is 38.8 Å². The molecule has 1 N–H and O–H groups in total. The predicted molar refractivity (Wildman–Crippen MR) is 143 cm³/mol. The zero-order chi connectivity index (χ0) is 24.8. The summed E-state index contributed by atoms with van der Waals surface area (Å²) in [4.78, 5) is 14.6. The molecular formula is C28H18Cl2N4O2. The van der Waals surface area contributed by atoms with Gasteiger partial charge in [0.2, 0.25) is 0 Å². The number of nitrogens with one attached hydrogen (secondary N) is 1. The Hall–Kier alpha value is -4.13. The minimum Gasteiger partial charge on any atom is -0.451 e. The summed E-state index contributed by atoms with van der Waals surface area (Å²) in [6, 6.07) is 26.4. The zero-order valence-corrected chi connectivity index (χ0v) is 20.5. The fourth-order valence-corrected chi connectivity index (χ4v) is 4.44. The highest BCUT2D eigenvalue weighted by Gasteiger charge is 2.16. The van der Waals surface area contributed by atoms with E-state index in [9.17, 15) is 4.79 Å². The van der Waals surface area contributed by atoms with Crippen molar-refractivity contribution in [1.29, 1.82) is 0 Å². The predicted octanol–water partition coefficient (Wildman–Crippen LogP) is 7.70. The molecule has 0 bridgehead atoms. The third-order valence-electron chi connectivity index (χ3n) is 5.99. The quantitative estimate of drug-likeness (QED) is 0.262. The van der Waals surface area contributed by atoms with Crippen LogP contribution < -0.4 is 5.32 Å². The fraction of sp³-hybridized carbons (Fsp3) is 0.0357. The van der Waals surface area contributed by atoms with Gasteiger partial charge in [0.25, 0.3) is 5.91 Å². The molecule has 0 saturated heterocycles. The lowest BCUT2D eigenvalue weighted by atomic mass is 10.1. The minimum absolute atomic E-state index is 0.176. The molecular weight excluding hydrogens is 495 g/mol. The maximum absolute atomic E-state index is 12.9. The van der Waals surface area contributed by atoms with Gasteiger partial charge in [-0.2, -0.15) is 0 Å². The summed E-state index contributed by atoms with van der Waals surface area (Å²) >= 11 is 12.1. The molecule has 4 aromatic carbocycles. The van der Waals surface area contributed by atoms with Crippen LogP contribution in [0.2, 0.25) is 10.0 Å². The van der Waals surface area contributed by atoms with Crippen LogP contribution in [0, 0.1) is 6.92 Å². The van der Waals surface area contributed by atoms with Gasteiger partial charge < -0.3 is 9.73 Å². The number of amides is 1. The molecule has 2 heterocycles.